The third kappa shape index (κ3) is 5.76. The molecule has 0 bridgehead atoms. The quantitative estimate of drug-likeness (QED) is 0.454. The fourth-order valence-electron chi connectivity index (χ4n) is 5.11. The molecule has 12 heteroatoms. The maximum Gasteiger partial charge on any atom is 0.320 e. The summed E-state index contributed by atoms with van der Waals surface area (Å²) in [5, 5.41) is 19.4. The molecule has 10 nitrogen and oxygen atoms in total. The minimum atomic E-state index is -0.907. The molecule has 1 aliphatic carbocycles. The van der Waals surface area contributed by atoms with Gasteiger partial charge in [0.05, 0.1) is 24.5 Å². The van der Waals surface area contributed by atoms with Crippen LogP contribution in [0.5, 0.6) is 0 Å². The Bertz CT molecular complexity index is 1410. The number of likely N-dealkylation sites (tertiary alicyclic amines) is 1. The van der Waals surface area contributed by atoms with Crippen LogP contribution >= 0.6 is 0 Å². The number of nitrogens with zero attached hydrogens (tertiary/aromatic N) is 6. The summed E-state index contributed by atoms with van der Waals surface area (Å²) in [7, 11) is 3.36. The van der Waals surface area contributed by atoms with E-state index in [9.17, 15) is 13.6 Å². The molecule has 0 unspecified atom stereocenters. The number of rotatable bonds is 8. The third-order valence-corrected chi connectivity index (χ3v) is 7.11. The van der Waals surface area contributed by atoms with Gasteiger partial charge in [0, 0.05) is 45.3 Å². The number of aryl methyl sites for hydroxylation is 1. The summed E-state index contributed by atoms with van der Waals surface area (Å²) in [4.78, 5) is 17.0. The van der Waals surface area contributed by atoms with Crippen molar-refractivity contribution in [1.29, 1.82) is 0 Å². The van der Waals surface area contributed by atoms with E-state index in [-0.39, 0.29) is 12.0 Å². The molecule has 1 aliphatic heterocycles. The lowest BCUT2D eigenvalue weighted by Crippen LogP contribution is -2.42. The SMILES string of the molecule is COCCN1C[C@@H](NC(=O)Nc2c(C)c(-c3cnn(C)n3)nn2C2=CCCC=C2)[C@H](c2ccc(F)c(F)c2)C1. The molecule has 1 fully saturated rings. The molecule has 2 amide bonds. The second-order valence-corrected chi connectivity index (χ2v) is 9.80. The van der Waals surface area contributed by atoms with E-state index in [0.29, 0.717) is 49.0 Å². The zero-order chi connectivity index (χ0) is 27.5. The number of hydrogen-bond donors (Lipinski definition) is 2. The second kappa shape index (κ2) is 11.5. The van der Waals surface area contributed by atoms with Gasteiger partial charge in [-0.05, 0) is 43.5 Å². The van der Waals surface area contributed by atoms with Gasteiger partial charge in [0.25, 0.3) is 0 Å². The largest absolute Gasteiger partial charge is 0.383 e. The average Bonchev–Trinajstić information content (AvgIpc) is 3.62. The highest BCUT2D eigenvalue weighted by atomic mass is 19.2. The van der Waals surface area contributed by atoms with Crippen LogP contribution in [0, 0.1) is 18.6 Å². The van der Waals surface area contributed by atoms with Crippen molar-refractivity contribution in [2.75, 3.05) is 38.7 Å². The van der Waals surface area contributed by atoms with Gasteiger partial charge >= 0.3 is 6.03 Å². The van der Waals surface area contributed by atoms with Gasteiger partial charge in [-0.3, -0.25) is 10.2 Å². The van der Waals surface area contributed by atoms with E-state index in [2.05, 4.69) is 37.9 Å². The summed E-state index contributed by atoms with van der Waals surface area (Å²) in [6, 6.07) is 3.15. The maximum atomic E-state index is 14.1. The van der Waals surface area contributed by atoms with Gasteiger partial charge in [0.15, 0.2) is 11.6 Å². The Balaban J connectivity index is 1.41. The van der Waals surface area contributed by atoms with E-state index >= 15 is 0 Å². The van der Waals surface area contributed by atoms with Crippen LogP contribution in [0.25, 0.3) is 17.1 Å². The highest BCUT2D eigenvalue weighted by Crippen LogP contribution is 2.32. The highest BCUT2D eigenvalue weighted by molar-refractivity contribution is 5.91. The van der Waals surface area contributed by atoms with E-state index in [1.54, 1.807) is 31.1 Å². The van der Waals surface area contributed by atoms with E-state index in [4.69, 9.17) is 9.84 Å². The van der Waals surface area contributed by atoms with Crippen molar-refractivity contribution >= 4 is 17.5 Å². The zero-order valence-corrected chi connectivity index (χ0v) is 22.2. The molecule has 2 aromatic heterocycles. The number of halogens is 2. The molecule has 39 heavy (non-hydrogen) atoms. The summed E-state index contributed by atoms with van der Waals surface area (Å²) in [5.74, 6) is -1.52. The molecule has 0 spiro atoms. The van der Waals surface area contributed by atoms with Crippen LogP contribution in [-0.4, -0.2) is 75.1 Å². The van der Waals surface area contributed by atoms with Crippen LogP contribution in [0.15, 0.2) is 42.6 Å². The van der Waals surface area contributed by atoms with Crippen LogP contribution in [0.3, 0.4) is 0 Å². The van der Waals surface area contributed by atoms with Crippen molar-refractivity contribution in [3.63, 3.8) is 0 Å². The number of amides is 2. The number of hydrogen-bond acceptors (Lipinski definition) is 6. The summed E-state index contributed by atoms with van der Waals surface area (Å²) in [6.07, 6.45) is 9.55. The monoisotopic (exact) mass is 538 g/mol. The second-order valence-electron chi connectivity index (χ2n) is 9.80. The predicted octanol–water partition coefficient (Wildman–Crippen LogP) is 3.69. The Labute approximate surface area is 225 Å². The minimum Gasteiger partial charge on any atom is -0.383 e. The van der Waals surface area contributed by atoms with Gasteiger partial charge in [-0.1, -0.05) is 18.2 Å². The highest BCUT2D eigenvalue weighted by Gasteiger charge is 2.35. The number of benzene rings is 1. The fourth-order valence-corrected chi connectivity index (χ4v) is 5.11. The normalized spacial score (nSPS) is 19.4. The molecule has 5 rings (SSSR count). The fraction of sp³-hybridized carbons (Fsp3) is 0.407. The van der Waals surface area contributed by atoms with Crippen molar-refractivity contribution < 1.29 is 18.3 Å². The van der Waals surface area contributed by atoms with E-state index in [1.807, 2.05) is 13.0 Å². The van der Waals surface area contributed by atoms with Crippen LogP contribution in [0.4, 0.5) is 19.4 Å². The lowest BCUT2D eigenvalue weighted by atomic mass is 9.94. The molecule has 0 saturated carbocycles. The van der Waals surface area contributed by atoms with Crippen LogP contribution in [0.1, 0.15) is 29.9 Å². The van der Waals surface area contributed by atoms with E-state index in [0.717, 1.165) is 30.2 Å². The van der Waals surface area contributed by atoms with Crippen molar-refractivity contribution in [3.8, 4) is 11.4 Å². The molecule has 1 saturated heterocycles. The minimum absolute atomic E-state index is 0.229. The van der Waals surface area contributed by atoms with Gasteiger partial charge in [-0.15, -0.1) is 0 Å². The first-order chi connectivity index (χ1) is 18.8. The van der Waals surface area contributed by atoms with Gasteiger partial charge in [0.1, 0.15) is 17.2 Å². The predicted molar refractivity (Wildman–Crippen MR) is 143 cm³/mol. The molecule has 2 atom stereocenters. The Morgan fingerprint density at radius 2 is 2.03 bits per heavy atom. The Morgan fingerprint density at radius 3 is 2.72 bits per heavy atom. The summed E-state index contributed by atoms with van der Waals surface area (Å²) >= 11 is 0. The molecule has 206 valence electrons. The molecular weight excluding hydrogens is 506 g/mol. The van der Waals surface area contributed by atoms with Crippen molar-refractivity contribution in [2.45, 2.75) is 31.7 Å². The van der Waals surface area contributed by atoms with E-state index < -0.39 is 17.7 Å². The molecule has 2 aliphatic rings. The molecule has 2 N–H and O–H groups in total. The van der Waals surface area contributed by atoms with Gasteiger partial charge in [-0.25, -0.2) is 18.3 Å². The molecule has 3 heterocycles. The topological polar surface area (TPSA) is 102 Å². The summed E-state index contributed by atoms with van der Waals surface area (Å²) < 4.78 is 34.6. The number of aromatic nitrogens is 5. The number of methoxy groups -OCH3 is 1. The number of anilines is 1. The zero-order valence-electron chi connectivity index (χ0n) is 22.2. The smallest absolute Gasteiger partial charge is 0.320 e. The average molecular weight is 539 g/mol. The lowest BCUT2D eigenvalue weighted by Gasteiger charge is -2.21. The maximum absolute atomic E-state index is 14.1. The first-order valence-electron chi connectivity index (χ1n) is 12.9. The third-order valence-electron chi connectivity index (χ3n) is 7.11. The number of allylic oxidation sites excluding steroid dienone is 4. The van der Waals surface area contributed by atoms with Gasteiger partial charge in [0.2, 0.25) is 0 Å². The van der Waals surface area contributed by atoms with Crippen LogP contribution in [-0.2, 0) is 11.8 Å². The number of carbonyl (C=O) groups is 1. The first-order valence-corrected chi connectivity index (χ1v) is 12.9. The number of urea groups is 1. The number of ether oxygens (including phenoxy) is 1. The van der Waals surface area contributed by atoms with Crippen LogP contribution in [0.2, 0.25) is 0 Å². The van der Waals surface area contributed by atoms with E-state index in [1.165, 1.54) is 10.9 Å². The van der Waals surface area contributed by atoms with Crippen molar-refractivity contribution in [1.82, 2.24) is 35.0 Å². The standard InChI is InChI=1S/C27H32F2N8O2/c1-17-25(23-14-30-35(2)33-23)34-37(19-7-5-4-6-8-19)26(17)32-27(38)31-24-16-36(11-12-39-3)15-20(24)18-9-10-21(28)22(29)13-18/h5,7-10,13-14,20,24H,4,6,11-12,15-16H2,1-3H3,(H2,31,32,38)/t20-,24+/m0/s1. The number of nitrogens with one attached hydrogen (secondary N) is 2. The summed E-state index contributed by atoms with van der Waals surface area (Å²) in [5.41, 5.74) is 3.43. The summed E-state index contributed by atoms with van der Waals surface area (Å²) in [6.45, 7) is 4.17. The molecule has 1 aromatic carbocycles. The molecule has 3 aromatic rings. The van der Waals surface area contributed by atoms with Crippen LogP contribution < -0.4 is 10.6 Å². The molecule has 0 radical (unpaired) electrons. The first kappa shape index (κ1) is 26.7. The number of carbonyl (C=O) groups excluding carboxylic acids is 1. The van der Waals surface area contributed by atoms with Crippen molar-refractivity contribution in [2.24, 2.45) is 7.05 Å². The Kier molecular flexibility index (Phi) is 7.84. The lowest BCUT2D eigenvalue weighted by molar-refractivity contribution is 0.159. The van der Waals surface area contributed by atoms with Gasteiger partial charge in [-0.2, -0.15) is 20.1 Å². The Morgan fingerprint density at radius 1 is 1.18 bits per heavy atom. The Hall–Kier alpha value is -3.90. The van der Waals surface area contributed by atoms with Gasteiger partial charge < -0.3 is 10.1 Å². The molecular formula is C27H32F2N8O2. The van der Waals surface area contributed by atoms with Crippen molar-refractivity contribution in [3.05, 3.63) is 65.4 Å².